The maximum Gasteiger partial charge on any atom is 0.351 e. The Balaban J connectivity index is 3.15. The molecule has 0 atom stereocenters. The fraction of sp³-hybridized carbons (Fsp3) is 0.231. The molecule has 0 saturated heterocycles. The van der Waals surface area contributed by atoms with Crippen LogP contribution in [-0.4, -0.2) is 26.4 Å². The van der Waals surface area contributed by atoms with Crippen molar-refractivity contribution >= 4 is 23.4 Å². The molecule has 0 aliphatic carbocycles. The first-order valence-corrected chi connectivity index (χ1v) is 6.57. The predicted molar refractivity (Wildman–Crippen MR) is 74.8 cm³/mol. The van der Waals surface area contributed by atoms with E-state index >= 15 is 0 Å². The van der Waals surface area contributed by atoms with Crippen molar-refractivity contribution in [2.75, 3.05) is 25.8 Å². The number of carbonyl (C=O) groups is 1. The minimum Gasteiger partial charge on any atom is -0.495 e. The lowest BCUT2D eigenvalue weighted by atomic mass is 10.2. The van der Waals surface area contributed by atoms with Crippen LogP contribution in [0.15, 0.2) is 34.9 Å². The van der Waals surface area contributed by atoms with E-state index in [1.54, 1.807) is 25.5 Å². The van der Waals surface area contributed by atoms with Crippen LogP contribution < -0.4 is 10.1 Å². The zero-order valence-electron chi connectivity index (χ0n) is 10.9. The molecule has 0 radical (unpaired) electrons. The van der Waals surface area contributed by atoms with E-state index in [0.717, 1.165) is 0 Å². The summed E-state index contributed by atoms with van der Waals surface area (Å²) in [6, 6.07) is 9.08. The second kappa shape index (κ2) is 7.34. The van der Waals surface area contributed by atoms with Gasteiger partial charge in [0.15, 0.2) is 5.57 Å². The summed E-state index contributed by atoms with van der Waals surface area (Å²) in [6.45, 7) is 0. The molecule has 0 bridgehead atoms. The van der Waals surface area contributed by atoms with Crippen molar-refractivity contribution < 1.29 is 14.3 Å². The maximum atomic E-state index is 11.5. The van der Waals surface area contributed by atoms with Crippen LogP contribution in [0.3, 0.4) is 0 Å². The Morgan fingerprint density at radius 2 is 2.05 bits per heavy atom. The van der Waals surface area contributed by atoms with Crippen molar-refractivity contribution in [2.24, 2.45) is 0 Å². The molecule has 1 aromatic carbocycles. The second-order valence-electron chi connectivity index (χ2n) is 3.34. The molecule has 100 valence electrons. The number of para-hydroxylation sites is 2. The Kier molecular flexibility index (Phi) is 5.76. The number of benzene rings is 1. The van der Waals surface area contributed by atoms with Gasteiger partial charge in [-0.05, 0) is 18.4 Å². The number of anilines is 1. The Bertz CT molecular complexity index is 535. The van der Waals surface area contributed by atoms with Crippen molar-refractivity contribution in [1.29, 1.82) is 5.26 Å². The Labute approximate surface area is 116 Å². The van der Waals surface area contributed by atoms with Gasteiger partial charge in [0.25, 0.3) is 0 Å². The van der Waals surface area contributed by atoms with Crippen molar-refractivity contribution in [2.45, 2.75) is 0 Å². The summed E-state index contributed by atoms with van der Waals surface area (Å²) in [5, 5.41) is 12.5. The molecule has 0 spiro atoms. The van der Waals surface area contributed by atoms with Gasteiger partial charge in [0, 0.05) is 0 Å². The Morgan fingerprint density at radius 1 is 1.37 bits per heavy atom. The van der Waals surface area contributed by atoms with Gasteiger partial charge in [-0.3, -0.25) is 0 Å². The van der Waals surface area contributed by atoms with Crippen LogP contribution in [0.2, 0.25) is 0 Å². The average Bonchev–Trinajstić information content (AvgIpc) is 2.46. The van der Waals surface area contributed by atoms with E-state index in [-0.39, 0.29) is 5.57 Å². The van der Waals surface area contributed by atoms with E-state index < -0.39 is 5.97 Å². The first kappa shape index (κ1) is 14.9. The second-order valence-corrected chi connectivity index (χ2v) is 4.15. The van der Waals surface area contributed by atoms with Crippen LogP contribution in [-0.2, 0) is 9.53 Å². The van der Waals surface area contributed by atoms with E-state index in [0.29, 0.717) is 16.5 Å². The monoisotopic (exact) mass is 278 g/mol. The summed E-state index contributed by atoms with van der Waals surface area (Å²) in [5.74, 6) is -0.0505. The minimum absolute atomic E-state index is 0.0686. The summed E-state index contributed by atoms with van der Waals surface area (Å²) in [6.07, 6.45) is 1.76. The number of methoxy groups -OCH3 is 2. The number of carbonyl (C=O) groups excluding carboxylic acids is 1. The molecule has 0 aromatic heterocycles. The quantitative estimate of drug-likeness (QED) is 0.506. The number of esters is 1. The molecule has 0 fully saturated rings. The van der Waals surface area contributed by atoms with Crippen molar-refractivity contribution in [3.05, 3.63) is 34.9 Å². The zero-order chi connectivity index (χ0) is 14.3. The maximum absolute atomic E-state index is 11.5. The molecule has 0 saturated carbocycles. The summed E-state index contributed by atoms with van der Waals surface area (Å²) in [5.41, 5.74) is 0.604. The molecule has 6 heteroatoms. The number of ether oxygens (including phenoxy) is 2. The van der Waals surface area contributed by atoms with Gasteiger partial charge in [-0.1, -0.05) is 12.1 Å². The Hall–Kier alpha value is -2.13. The third-order valence-electron chi connectivity index (χ3n) is 2.29. The third-order valence-corrected chi connectivity index (χ3v) is 3.00. The highest BCUT2D eigenvalue weighted by Crippen LogP contribution is 2.28. The molecule has 1 aromatic rings. The number of rotatable bonds is 5. The molecule has 1 N–H and O–H groups in total. The van der Waals surface area contributed by atoms with Crippen LogP contribution >= 0.6 is 11.8 Å². The van der Waals surface area contributed by atoms with Crippen LogP contribution in [0.25, 0.3) is 0 Å². The van der Waals surface area contributed by atoms with Gasteiger partial charge in [0.2, 0.25) is 0 Å². The highest BCUT2D eigenvalue weighted by molar-refractivity contribution is 8.02. The molecular weight excluding hydrogens is 264 g/mol. The molecule has 0 heterocycles. The van der Waals surface area contributed by atoms with Gasteiger partial charge < -0.3 is 14.8 Å². The van der Waals surface area contributed by atoms with Crippen LogP contribution in [0.4, 0.5) is 5.69 Å². The van der Waals surface area contributed by atoms with Crippen LogP contribution in [0.5, 0.6) is 5.75 Å². The Morgan fingerprint density at radius 3 is 2.58 bits per heavy atom. The first-order valence-electron chi connectivity index (χ1n) is 5.34. The summed E-state index contributed by atoms with van der Waals surface area (Å²) < 4.78 is 9.77. The predicted octanol–water partition coefficient (Wildman–Crippen LogP) is 2.38. The summed E-state index contributed by atoms with van der Waals surface area (Å²) >= 11 is 1.25. The molecule has 0 aliphatic heterocycles. The molecule has 1 rings (SSSR count). The number of hydrogen-bond donors (Lipinski definition) is 1. The lowest BCUT2D eigenvalue weighted by Gasteiger charge is -2.13. The van der Waals surface area contributed by atoms with Crippen molar-refractivity contribution in [1.82, 2.24) is 0 Å². The molecule has 0 aliphatic rings. The SMILES string of the molecule is COC(=O)/C(C#N)=C(/Nc1ccccc1OC)SC. The largest absolute Gasteiger partial charge is 0.495 e. The van der Waals surface area contributed by atoms with Gasteiger partial charge in [-0.2, -0.15) is 5.26 Å². The highest BCUT2D eigenvalue weighted by Gasteiger charge is 2.16. The molecule has 5 nitrogen and oxygen atoms in total. The van der Waals surface area contributed by atoms with Crippen molar-refractivity contribution in [3.8, 4) is 11.8 Å². The van der Waals surface area contributed by atoms with Crippen molar-refractivity contribution in [3.63, 3.8) is 0 Å². The van der Waals surface area contributed by atoms with E-state index in [9.17, 15) is 4.79 Å². The topological polar surface area (TPSA) is 71.4 Å². The lowest BCUT2D eigenvalue weighted by molar-refractivity contribution is -0.135. The molecular formula is C13H14N2O3S. The lowest BCUT2D eigenvalue weighted by Crippen LogP contribution is -2.10. The molecule has 0 unspecified atom stereocenters. The van der Waals surface area contributed by atoms with E-state index in [2.05, 4.69) is 10.1 Å². The van der Waals surface area contributed by atoms with E-state index in [1.807, 2.05) is 18.2 Å². The number of thioether (sulfide) groups is 1. The van der Waals surface area contributed by atoms with E-state index in [4.69, 9.17) is 10.00 Å². The van der Waals surface area contributed by atoms with Crippen LogP contribution in [0.1, 0.15) is 0 Å². The van der Waals surface area contributed by atoms with Gasteiger partial charge in [0.05, 0.1) is 24.9 Å². The molecule has 0 amide bonds. The van der Waals surface area contributed by atoms with Gasteiger partial charge in [0.1, 0.15) is 11.8 Å². The molecule has 19 heavy (non-hydrogen) atoms. The summed E-state index contributed by atoms with van der Waals surface area (Å²) in [7, 11) is 2.79. The number of nitrogens with one attached hydrogen (secondary N) is 1. The number of nitriles is 1. The summed E-state index contributed by atoms with van der Waals surface area (Å²) in [4.78, 5) is 11.5. The van der Waals surface area contributed by atoms with Gasteiger partial charge in [-0.25, -0.2) is 4.79 Å². The normalized spacial score (nSPS) is 11.1. The van der Waals surface area contributed by atoms with Gasteiger partial charge in [-0.15, -0.1) is 11.8 Å². The minimum atomic E-state index is -0.672. The highest BCUT2D eigenvalue weighted by atomic mass is 32.2. The number of hydrogen-bond acceptors (Lipinski definition) is 6. The number of nitrogens with zero attached hydrogens (tertiary/aromatic N) is 1. The zero-order valence-corrected chi connectivity index (χ0v) is 11.7. The smallest absolute Gasteiger partial charge is 0.351 e. The fourth-order valence-electron chi connectivity index (χ4n) is 1.38. The van der Waals surface area contributed by atoms with E-state index in [1.165, 1.54) is 18.9 Å². The van der Waals surface area contributed by atoms with Crippen LogP contribution in [0, 0.1) is 11.3 Å². The first-order chi connectivity index (χ1) is 9.17. The fourth-order valence-corrected chi connectivity index (χ4v) is 1.92. The third kappa shape index (κ3) is 3.66. The average molecular weight is 278 g/mol. The standard InChI is InChI=1S/C13H14N2O3S/c1-17-11-7-5-4-6-10(11)15-12(19-3)9(8-14)13(16)18-2/h4-7,15H,1-3H3/b12-9-. The van der Waals surface area contributed by atoms with Gasteiger partial charge >= 0.3 is 5.97 Å².